The van der Waals surface area contributed by atoms with E-state index in [1.165, 1.54) is 0 Å². The Bertz CT molecular complexity index is 408. The number of ether oxygens (including phenoxy) is 2. The van der Waals surface area contributed by atoms with E-state index in [-0.39, 0.29) is 17.9 Å². The molecule has 118 valence electrons. The monoisotopic (exact) mass is 297 g/mol. The van der Waals surface area contributed by atoms with Crippen molar-refractivity contribution in [2.24, 2.45) is 5.73 Å². The second-order valence-corrected chi connectivity index (χ2v) is 6.08. The maximum absolute atomic E-state index is 12.4. The van der Waals surface area contributed by atoms with Gasteiger partial charge in [0.1, 0.15) is 11.6 Å². The summed E-state index contributed by atoms with van der Waals surface area (Å²) in [5, 5.41) is 0. The van der Waals surface area contributed by atoms with Crippen LogP contribution in [0, 0.1) is 0 Å². The summed E-state index contributed by atoms with van der Waals surface area (Å²) in [7, 11) is 0. The standard InChI is InChI=1S/C14H23N3O4/c15-14(3-9-20-10-14)13(19)17-6-4-16(5-7-17)12(18)11-2-1-8-21-11/h11H,1-10,15H2. The number of nitrogens with two attached hydrogens (primary N) is 1. The molecule has 3 saturated heterocycles. The molecule has 3 aliphatic heterocycles. The molecule has 0 bridgehead atoms. The Balaban J connectivity index is 1.52. The van der Waals surface area contributed by atoms with Crippen molar-refractivity contribution in [3.05, 3.63) is 0 Å². The van der Waals surface area contributed by atoms with Crippen molar-refractivity contribution in [1.29, 1.82) is 0 Å². The average molecular weight is 297 g/mol. The minimum absolute atomic E-state index is 0.0517. The molecule has 0 radical (unpaired) electrons. The molecule has 2 amide bonds. The van der Waals surface area contributed by atoms with Gasteiger partial charge in [0.25, 0.3) is 5.91 Å². The van der Waals surface area contributed by atoms with E-state index in [1.54, 1.807) is 9.80 Å². The van der Waals surface area contributed by atoms with Crippen LogP contribution in [0.15, 0.2) is 0 Å². The minimum atomic E-state index is -0.874. The van der Waals surface area contributed by atoms with E-state index in [9.17, 15) is 9.59 Å². The Hall–Kier alpha value is -1.18. The van der Waals surface area contributed by atoms with Gasteiger partial charge in [-0.25, -0.2) is 0 Å². The summed E-state index contributed by atoms with van der Waals surface area (Å²) >= 11 is 0. The molecule has 0 aromatic heterocycles. The summed E-state index contributed by atoms with van der Waals surface area (Å²) in [4.78, 5) is 28.3. The molecule has 3 heterocycles. The number of amides is 2. The summed E-state index contributed by atoms with van der Waals surface area (Å²) in [5.41, 5.74) is 5.24. The van der Waals surface area contributed by atoms with E-state index in [2.05, 4.69) is 0 Å². The fraction of sp³-hybridized carbons (Fsp3) is 0.857. The van der Waals surface area contributed by atoms with Gasteiger partial charge in [0, 0.05) is 39.4 Å². The molecule has 2 unspecified atom stereocenters. The molecule has 0 aromatic carbocycles. The van der Waals surface area contributed by atoms with Crippen LogP contribution in [-0.4, -0.2) is 79.3 Å². The van der Waals surface area contributed by atoms with Gasteiger partial charge in [-0.1, -0.05) is 0 Å². The molecule has 0 spiro atoms. The predicted octanol–water partition coefficient (Wildman–Crippen LogP) is -1.05. The van der Waals surface area contributed by atoms with E-state index in [0.717, 1.165) is 12.8 Å². The van der Waals surface area contributed by atoms with Gasteiger partial charge >= 0.3 is 0 Å². The fourth-order valence-electron chi connectivity index (χ4n) is 3.17. The number of piperazine rings is 1. The summed E-state index contributed by atoms with van der Waals surface area (Å²) < 4.78 is 10.7. The van der Waals surface area contributed by atoms with Gasteiger partial charge in [0.15, 0.2) is 0 Å². The molecular formula is C14H23N3O4. The molecule has 21 heavy (non-hydrogen) atoms. The molecule has 0 saturated carbocycles. The van der Waals surface area contributed by atoms with Gasteiger partial charge in [0.05, 0.1) is 6.61 Å². The van der Waals surface area contributed by atoms with Crippen molar-refractivity contribution in [2.75, 3.05) is 46.0 Å². The first-order valence-corrected chi connectivity index (χ1v) is 7.66. The van der Waals surface area contributed by atoms with E-state index in [0.29, 0.717) is 52.4 Å². The van der Waals surface area contributed by atoms with Gasteiger partial charge in [0.2, 0.25) is 5.91 Å². The predicted molar refractivity (Wildman–Crippen MR) is 74.5 cm³/mol. The van der Waals surface area contributed by atoms with Gasteiger partial charge in [-0.05, 0) is 19.3 Å². The lowest BCUT2D eigenvalue weighted by Crippen LogP contribution is -2.61. The zero-order valence-corrected chi connectivity index (χ0v) is 12.3. The number of hydrogen-bond donors (Lipinski definition) is 1. The highest BCUT2D eigenvalue weighted by atomic mass is 16.5. The minimum Gasteiger partial charge on any atom is -0.379 e. The van der Waals surface area contributed by atoms with E-state index < -0.39 is 5.54 Å². The zero-order valence-electron chi connectivity index (χ0n) is 12.3. The van der Waals surface area contributed by atoms with Crippen LogP contribution in [0.1, 0.15) is 19.3 Å². The van der Waals surface area contributed by atoms with Crippen molar-refractivity contribution in [1.82, 2.24) is 9.80 Å². The maximum atomic E-state index is 12.4. The number of carbonyl (C=O) groups is 2. The summed E-state index contributed by atoms with van der Waals surface area (Å²) in [6.07, 6.45) is 2.04. The van der Waals surface area contributed by atoms with Crippen LogP contribution < -0.4 is 5.73 Å². The lowest BCUT2D eigenvalue weighted by atomic mass is 9.98. The molecule has 7 heteroatoms. The number of rotatable bonds is 2. The third-order valence-corrected chi connectivity index (χ3v) is 4.56. The second-order valence-electron chi connectivity index (χ2n) is 6.08. The van der Waals surface area contributed by atoms with Crippen molar-refractivity contribution in [3.8, 4) is 0 Å². The second kappa shape index (κ2) is 5.90. The van der Waals surface area contributed by atoms with Crippen LogP contribution in [-0.2, 0) is 19.1 Å². The van der Waals surface area contributed by atoms with E-state index >= 15 is 0 Å². The van der Waals surface area contributed by atoms with Gasteiger partial charge < -0.3 is 25.0 Å². The third-order valence-electron chi connectivity index (χ3n) is 4.56. The van der Waals surface area contributed by atoms with Crippen LogP contribution >= 0.6 is 0 Å². The van der Waals surface area contributed by atoms with Crippen molar-refractivity contribution in [3.63, 3.8) is 0 Å². The zero-order chi connectivity index (χ0) is 14.9. The third kappa shape index (κ3) is 2.90. The first kappa shape index (κ1) is 14.7. The Labute approximate surface area is 124 Å². The summed E-state index contributed by atoms with van der Waals surface area (Å²) in [6, 6.07) is 0. The van der Waals surface area contributed by atoms with E-state index in [4.69, 9.17) is 15.2 Å². The van der Waals surface area contributed by atoms with Gasteiger partial charge in [-0.15, -0.1) is 0 Å². The van der Waals surface area contributed by atoms with Crippen molar-refractivity contribution < 1.29 is 19.1 Å². The Morgan fingerprint density at radius 2 is 1.81 bits per heavy atom. The normalized spacial score (nSPS) is 33.5. The molecule has 2 atom stereocenters. The average Bonchev–Trinajstić information content (AvgIpc) is 3.18. The molecule has 0 aromatic rings. The fourth-order valence-corrected chi connectivity index (χ4v) is 3.17. The topological polar surface area (TPSA) is 85.1 Å². The number of hydrogen-bond acceptors (Lipinski definition) is 5. The number of carbonyl (C=O) groups excluding carboxylic acids is 2. The number of nitrogens with zero attached hydrogens (tertiary/aromatic N) is 2. The van der Waals surface area contributed by atoms with Crippen LogP contribution in [0.25, 0.3) is 0 Å². The lowest BCUT2D eigenvalue weighted by molar-refractivity contribution is -0.147. The smallest absolute Gasteiger partial charge is 0.251 e. The Morgan fingerprint density at radius 1 is 1.10 bits per heavy atom. The Morgan fingerprint density at radius 3 is 2.38 bits per heavy atom. The van der Waals surface area contributed by atoms with Crippen molar-refractivity contribution in [2.45, 2.75) is 30.9 Å². The van der Waals surface area contributed by atoms with Crippen LogP contribution in [0.5, 0.6) is 0 Å². The summed E-state index contributed by atoms with van der Waals surface area (Å²) in [5.74, 6) is 0.00970. The molecule has 7 nitrogen and oxygen atoms in total. The van der Waals surface area contributed by atoms with Crippen LogP contribution in [0.4, 0.5) is 0 Å². The van der Waals surface area contributed by atoms with Gasteiger partial charge in [-0.3, -0.25) is 9.59 Å². The van der Waals surface area contributed by atoms with Crippen molar-refractivity contribution >= 4 is 11.8 Å². The van der Waals surface area contributed by atoms with Crippen LogP contribution in [0.2, 0.25) is 0 Å². The quantitative estimate of drug-likeness (QED) is 0.703. The highest BCUT2D eigenvalue weighted by molar-refractivity contribution is 5.87. The highest BCUT2D eigenvalue weighted by Gasteiger charge is 2.42. The first-order chi connectivity index (χ1) is 10.1. The van der Waals surface area contributed by atoms with Crippen LogP contribution in [0.3, 0.4) is 0 Å². The molecule has 0 aliphatic carbocycles. The molecule has 2 N–H and O–H groups in total. The Kier molecular flexibility index (Phi) is 4.14. The highest BCUT2D eigenvalue weighted by Crippen LogP contribution is 2.20. The SMILES string of the molecule is NC1(C(=O)N2CCN(C(=O)C3CCCO3)CC2)CCOC1. The summed E-state index contributed by atoms with van der Waals surface area (Å²) in [6.45, 7) is 3.69. The van der Waals surface area contributed by atoms with E-state index in [1.807, 2.05) is 0 Å². The van der Waals surface area contributed by atoms with Gasteiger partial charge in [-0.2, -0.15) is 0 Å². The maximum Gasteiger partial charge on any atom is 0.251 e. The lowest BCUT2D eigenvalue weighted by Gasteiger charge is -2.38. The molecular weight excluding hydrogens is 274 g/mol. The molecule has 3 fully saturated rings. The first-order valence-electron chi connectivity index (χ1n) is 7.66. The molecule has 3 rings (SSSR count). The largest absolute Gasteiger partial charge is 0.379 e. The molecule has 3 aliphatic rings.